The fraction of sp³-hybridized carbons (Fsp3) is 0.349. The van der Waals surface area contributed by atoms with Gasteiger partial charge in [-0.05, 0) is 88.4 Å². The van der Waals surface area contributed by atoms with Crippen LogP contribution < -0.4 is 11.5 Å². The number of amidine groups is 2. The molecule has 0 spiro atoms. The van der Waals surface area contributed by atoms with E-state index in [1.807, 2.05) is 0 Å². The molecule has 1 fully saturated rings. The van der Waals surface area contributed by atoms with E-state index in [9.17, 15) is 53.5 Å². The third-order valence-electron chi connectivity index (χ3n) is 10.2. The summed E-state index contributed by atoms with van der Waals surface area (Å²) < 4.78 is 146. The highest BCUT2D eigenvalue weighted by atomic mass is 79.9. The van der Waals surface area contributed by atoms with Gasteiger partial charge in [-0.25, -0.2) is 27.5 Å². The van der Waals surface area contributed by atoms with Crippen LogP contribution in [-0.4, -0.2) is 71.5 Å². The van der Waals surface area contributed by atoms with Crippen molar-refractivity contribution in [1.82, 2.24) is 9.97 Å². The first-order valence-electron chi connectivity index (χ1n) is 19.2. The lowest BCUT2D eigenvalue weighted by Gasteiger charge is -2.36. The number of nitrogens with zero attached hydrogens (tertiary/aromatic N) is 4. The van der Waals surface area contributed by atoms with E-state index in [1.54, 1.807) is 12.1 Å². The third-order valence-corrected chi connectivity index (χ3v) is 10.7. The Balaban J connectivity index is 0.000000214. The summed E-state index contributed by atoms with van der Waals surface area (Å²) >= 11 is 3.20. The normalized spacial score (nSPS) is 22.0. The van der Waals surface area contributed by atoms with E-state index < -0.39 is 108 Å². The zero-order valence-corrected chi connectivity index (χ0v) is 34.6. The van der Waals surface area contributed by atoms with E-state index >= 15 is 0 Å². The summed E-state index contributed by atoms with van der Waals surface area (Å²) in [4.78, 5) is 40.5. The second kappa shape index (κ2) is 19.0. The van der Waals surface area contributed by atoms with Crippen LogP contribution in [0, 0.1) is 29.4 Å². The van der Waals surface area contributed by atoms with Crippen LogP contribution in [0.1, 0.15) is 74.5 Å². The molecule has 2 aliphatic heterocycles. The number of nitrogens with two attached hydrogens (primary N) is 2. The average molecular weight is 970 g/mol. The van der Waals surface area contributed by atoms with Gasteiger partial charge in [0.1, 0.15) is 47.4 Å². The molecule has 1 aliphatic carbocycles. The van der Waals surface area contributed by atoms with Crippen LogP contribution >= 0.6 is 15.9 Å². The van der Waals surface area contributed by atoms with Crippen LogP contribution in [0.4, 0.5) is 43.9 Å². The molecule has 4 N–H and O–H groups in total. The molecule has 10 nitrogen and oxygen atoms in total. The Labute approximate surface area is 366 Å². The molecule has 0 radical (unpaired) electrons. The number of carbonyl (C=O) groups excluding carboxylic acids is 2. The van der Waals surface area contributed by atoms with Crippen LogP contribution in [0.25, 0.3) is 0 Å². The van der Waals surface area contributed by atoms with Crippen LogP contribution in [0.3, 0.4) is 0 Å². The first-order chi connectivity index (χ1) is 30.1. The van der Waals surface area contributed by atoms with Crippen LogP contribution in [-0.2, 0) is 33.4 Å². The summed E-state index contributed by atoms with van der Waals surface area (Å²) in [5.74, 6) is 3.75. The highest BCUT2D eigenvalue weighted by molar-refractivity contribution is 9.10. The van der Waals surface area contributed by atoms with Gasteiger partial charge in [0.15, 0.2) is 23.8 Å². The molecule has 2 aromatic carbocycles. The van der Waals surface area contributed by atoms with Crippen molar-refractivity contribution in [3.63, 3.8) is 0 Å². The Morgan fingerprint density at radius 1 is 0.703 bits per heavy atom. The minimum atomic E-state index is -4.86. The van der Waals surface area contributed by atoms with Crippen molar-refractivity contribution in [3.05, 3.63) is 128 Å². The number of ether oxygens (including phenoxy) is 2. The summed E-state index contributed by atoms with van der Waals surface area (Å²) in [6, 6.07) is 11.3. The van der Waals surface area contributed by atoms with E-state index in [2.05, 4.69) is 57.2 Å². The summed E-state index contributed by atoms with van der Waals surface area (Å²) in [7, 11) is 0. The molecular formula is C43H35BrF10N6O4. The van der Waals surface area contributed by atoms with Gasteiger partial charge in [0, 0.05) is 65.2 Å². The van der Waals surface area contributed by atoms with Crippen LogP contribution in [0.5, 0.6) is 0 Å². The number of hydrogen-bond donors (Lipinski definition) is 2. The predicted octanol–water partition coefficient (Wildman–Crippen LogP) is 8.48. The molecule has 3 aliphatic rings. The lowest BCUT2D eigenvalue weighted by atomic mass is 9.83. The maximum absolute atomic E-state index is 14.7. The molecule has 0 saturated heterocycles. The third kappa shape index (κ3) is 11.4. The molecule has 4 atom stereocenters. The average Bonchev–Trinajstić information content (AvgIpc) is 4.08. The molecule has 21 heteroatoms. The molecule has 338 valence electrons. The number of aliphatic imine (C=N–C) groups is 2. The van der Waals surface area contributed by atoms with E-state index in [-0.39, 0.29) is 35.4 Å². The van der Waals surface area contributed by atoms with Crippen molar-refractivity contribution in [3.8, 4) is 11.8 Å². The number of rotatable bonds is 10. The first kappa shape index (κ1) is 47.4. The number of carbonyl (C=O) groups is 2. The van der Waals surface area contributed by atoms with Crippen molar-refractivity contribution >= 4 is 39.5 Å². The van der Waals surface area contributed by atoms with Crippen molar-refractivity contribution < 1.29 is 63.0 Å². The van der Waals surface area contributed by atoms with Crippen LogP contribution in [0.2, 0.25) is 0 Å². The quantitative estimate of drug-likeness (QED) is 0.0912. The molecule has 2 aromatic heterocycles. The minimum Gasteiger partial charge on any atom is -0.452 e. The predicted molar refractivity (Wildman–Crippen MR) is 214 cm³/mol. The van der Waals surface area contributed by atoms with Gasteiger partial charge in [-0.3, -0.25) is 19.6 Å². The summed E-state index contributed by atoms with van der Waals surface area (Å²) in [5, 5.41) is 0. The summed E-state index contributed by atoms with van der Waals surface area (Å²) in [5.41, 5.74) is 6.89. The van der Waals surface area contributed by atoms with Gasteiger partial charge in [-0.15, -0.1) is 0 Å². The van der Waals surface area contributed by atoms with Crippen molar-refractivity contribution in [2.24, 2.45) is 27.4 Å². The van der Waals surface area contributed by atoms with Gasteiger partial charge in [0.25, 0.3) is 12.0 Å². The standard InChI is InChI=1S/C24H20F5N3O2.C19H15BrF5N3O2/c25-13-23(11-21(24(27,28)29)34-22(30)32-23)17-9-16(5-7-18(17)26)10-20(33)19-8-6-15(12-31-19)4-3-14-1-2-14;20-11-2-4-14(27-8-11)15(29)6-10-1-3-13(22)12(5-10)18(9-21)7-16(19(23,24)25)30-17(26)28-18/h5-9,12,14,21H,1-2,10-11,13H2,(H2,30,32);1-5,8,16H,6-7,9H2,(H2,26,28)/t21-,23+;16-,18+/m00/s1. The van der Waals surface area contributed by atoms with Crippen molar-refractivity contribution in [2.75, 3.05) is 13.3 Å². The maximum atomic E-state index is 14.7. The fourth-order valence-corrected chi connectivity index (χ4v) is 7.02. The fourth-order valence-electron chi connectivity index (χ4n) is 6.79. The monoisotopic (exact) mass is 968 g/mol. The zero-order chi connectivity index (χ0) is 46.6. The topological polar surface area (TPSA) is 155 Å². The van der Waals surface area contributed by atoms with Crippen molar-refractivity contribution in [2.45, 2.75) is 74.2 Å². The molecule has 1 saturated carbocycles. The summed E-state index contributed by atoms with van der Waals surface area (Å²) in [6.07, 6.45) is -11.9. The highest BCUT2D eigenvalue weighted by Gasteiger charge is 2.53. The molecular weight excluding hydrogens is 934 g/mol. The highest BCUT2D eigenvalue weighted by Crippen LogP contribution is 2.43. The van der Waals surface area contributed by atoms with E-state index in [0.29, 0.717) is 16.0 Å². The summed E-state index contributed by atoms with van der Waals surface area (Å²) in [6.45, 7) is -2.88. The van der Waals surface area contributed by atoms with Crippen molar-refractivity contribution in [1.29, 1.82) is 0 Å². The number of aromatic nitrogens is 2. The Kier molecular flexibility index (Phi) is 14.1. The Morgan fingerprint density at radius 2 is 1.16 bits per heavy atom. The Morgan fingerprint density at radius 3 is 1.53 bits per heavy atom. The smallest absolute Gasteiger partial charge is 0.425 e. The maximum Gasteiger partial charge on any atom is 0.425 e. The molecule has 0 amide bonds. The van der Waals surface area contributed by atoms with E-state index in [1.165, 1.54) is 36.7 Å². The van der Waals surface area contributed by atoms with Gasteiger partial charge in [-0.1, -0.05) is 24.0 Å². The second-order valence-electron chi connectivity index (χ2n) is 15.1. The van der Waals surface area contributed by atoms with Gasteiger partial charge in [-0.2, -0.15) is 26.3 Å². The molecule has 7 rings (SSSR count). The number of halogens is 11. The van der Waals surface area contributed by atoms with E-state index in [4.69, 9.17) is 11.5 Å². The lowest BCUT2D eigenvalue weighted by molar-refractivity contribution is -0.209. The number of ketones is 2. The second-order valence-corrected chi connectivity index (χ2v) is 16.0. The number of alkyl halides is 8. The Bertz CT molecular complexity index is 2510. The van der Waals surface area contributed by atoms with Gasteiger partial charge in [0.2, 0.25) is 0 Å². The number of pyridine rings is 2. The molecule has 0 bridgehead atoms. The Hall–Kier alpha value is -6.04. The SMILES string of the molecule is NC1=N[C@](CF)(c2cc(CC(=O)c3ccc(Br)cn3)ccc2F)C[C@@H](C(F)(F)F)O1.NC1=N[C@](CF)(c2cc(CC(=O)c3ccc(C#CC4CC4)cn3)ccc2F)C[C@@H](C(F)(F)F)O1. The molecule has 64 heavy (non-hydrogen) atoms. The number of Topliss-reactive ketones (excluding diaryl/α,β-unsaturated/α-hetero) is 2. The first-order valence-corrected chi connectivity index (χ1v) is 20.0. The molecule has 4 heterocycles. The number of hydrogen-bond acceptors (Lipinski definition) is 10. The van der Waals surface area contributed by atoms with Gasteiger partial charge >= 0.3 is 12.4 Å². The molecule has 4 aromatic rings. The zero-order valence-electron chi connectivity index (χ0n) is 33.1. The van der Waals surface area contributed by atoms with Gasteiger partial charge < -0.3 is 20.9 Å². The van der Waals surface area contributed by atoms with Gasteiger partial charge in [0.05, 0.1) is 0 Å². The molecule has 0 unspecified atom stereocenters. The largest absolute Gasteiger partial charge is 0.452 e. The number of benzene rings is 2. The van der Waals surface area contributed by atoms with E-state index in [0.717, 1.165) is 37.1 Å². The van der Waals surface area contributed by atoms with Crippen LogP contribution in [0.15, 0.2) is 87.5 Å². The minimum absolute atomic E-state index is 0.147. The lowest BCUT2D eigenvalue weighted by Crippen LogP contribution is -2.48.